The number of rotatable bonds is 8. The lowest BCUT2D eigenvalue weighted by Gasteiger charge is -2.26. The summed E-state index contributed by atoms with van der Waals surface area (Å²) in [5.74, 6) is 0.910. The van der Waals surface area contributed by atoms with E-state index in [-0.39, 0.29) is 17.7 Å². The number of carbonyl (C=O) groups is 1. The summed E-state index contributed by atoms with van der Waals surface area (Å²) in [6, 6.07) is 14.8. The van der Waals surface area contributed by atoms with Gasteiger partial charge in [-0.15, -0.1) is 0 Å². The van der Waals surface area contributed by atoms with Gasteiger partial charge in [-0.25, -0.2) is 0 Å². The molecule has 1 atom stereocenters. The number of H-pyrrole nitrogens is 1. The average Bonchev–Trinajstić information content (AvgIpc) is 3.29. The predicted molar refractivity (Wildman–Crippen MR) is 116 cm³/mol. The second-order valence-corrected chi connectivity index (χ2v) is 7.55. The largest absolute Gasteiger partial charge is 0.507 e. The molecule has 1 aliphatic heterocycles. The molecule has 6 heteroatoms. The van der Waals surface area contributed by atoms with Crippen molar-refractivity contribution >= 4 is 5.91 Å². The Morgan fingerprint density at radius 1 is 1.10 bits per heavy atom. The van der Waals surface area contributed by atoms with Crippen molar-refractivity contribution in [2.75, 3.05) is 13.2 Å². The standard InChI is InChI=1S/C24H27N3O3/c1-3-5-15-30-17-12-10-16(11-13-17)23-20-21(18-8-6-7-9-19(18)28)25-26-22(20)24(29)27(23)14-4-2/h6-13,23,28H,3-5,14-15H2,1-2H3,(H,25,26)/t23-/m0/s1. The Hall–Kier alpha value is -3.28. The number of aromatic amines is 1. The molecule has 6 nitrogen and oxygen atoms in total. The molecule has 4 rings (SSSR count). The molecule has 1 amide bonds. The van der Waals surface area contributed by atoms with E-state index in [1.165, 1.54) is 0 Å². The molecular weight excluding hydrogens is 378 g/mol. The average molecular weight is 405 g/mol. The molecule has 3 aromatic rings. The lowest BCUT2D eigenvalue weighted by atomic mass is 9.95. The summed E-state index contributed by atoms with van der Waals surface area (Å²) in [7, 11) is 0. The number of unbranched alkanes of at least 4 members (excludes halogenated alkanes) is 1. The summed E-state index contributed by atoms with van der Waals surface area (Å²) in [6.45, 7) is 5.53. The minimum absolute atomic E-state index is 0.0608. The van der Waals surface area contributed by atoms with Crippen molar-refractivity contribution in [3.05, 3.63) is 65.4 Å². The number of para-hydroxylation sites is 1. The number of fused-ring (bicyclic) bond motifs is 1. The third-order valence-corrected chi connectivity index (χ3v) is 5.45. The molecule has 0 radical (unpaired) electrons. The van der Waals surface area contributed by atoms with Gasteiger partial charge in [-0.05, 0) is 42.7 Å². The zero-order valence-corrected chi connectivity index (χ0v) is 17.4. The molecule has 30 heavy (non-hydrogen) atoms. The van der Waals surface area contributed by atoms with E-state index >= 15 is 0 Å². The molecule has 2 heterocycles. The first-order valence-corrected chi connectivity index (χ1v) is 10.6. The minimum Gasteiger partial charge on any atom is -0.507 e. The fourth-order valence-electron chi connectivity index (χ4n) is 3.97. The molecule has 0 spiro atoms. The molecule has 0 bridgehead atoms. The van der Waals surface area contributed by atoms with E-state index in [1.807, 2.05) is 41.3 Å². The van der Waals surface area contributed by atoms with Gasteiger partial charge in [0.1, 0.15) is 22.9 Å². The van der Waals surface area contributed by atoms with Crippen molar-refractivity contribution < 1.29 is 14.6 Å². The molecule has 1 aliphatic rings. The van der Waals surface area contributed by atoms with E-state index in [1.54, 1.807) is 12.1 Å². The normalized spacial score (nSPS) is 15.5. The number of aromatic hydroxyl groups is 1. The van der Waals surface area contributed by atoms with Crippen LogP contribution < -0.4 is 4.74 Å². The van der Waals surface area contributed by atoms with Crippen molar-refractivity contribution in [2.24, 2.45) is 0 Å². The van der Waals surface area contributed by atoms with E-state index in [2.05, 4.69) is 24.0 Å². The number of hydrogen-bond donors (Lipinski definition) is 2. The first-order chi connectivity index (χ1) is 14.7. The van der Waals surface area contributed by atoms with Crippen LogP contribution in [0.3, 0.4) is 0 Å². The molecule has 1 aromatic heterocycles. The van der Waals surface area contributed by atoms with Gasteiger partial charge in [0.15, 0.2) is 0 Å². The molecule has 0 saturated carbocycles. The van der Waals surface area contributed by atoms with E-state index < -0.39 is 0 Å². The van der Waals surface area contributed by atoms with Crippen LogP contribution in [0.15, 0.2) is 48.5 Å². The first kappa shape index (κ1) is 20.0. The van der Waals surface area contributed by atoms with Gasteiger partial charge in [-0.2, -0.15) is 5.10 Å². The lowest BCUT2D eigenvalue weighted by Crippen LogP contribution is -2.30. The highest BCUT2D eigenvalue weighted by Gasteiger charge is 2.42. The number of carbonyl (C=O) groups excluding carboxylic acids is 1. The Bertz CT molecular complexity index is 1030. The van der Waals surface area contributed by atoms with Gasteiger partial charge in [-0.3, -0.25) is 9.89 Å². The highest BCUT2D eigenvalue weighted by molar-refractivity contribution is 6.00. The number of ether oxygens (including phenoxy) is 1. The van der Waals surface area contributed by atoms with Gasteiger partial charge in [0, 0.05) is 17.7 Å². The Balaban J connectivity index is 1.75. The Morgan fingerprint density at radius 2 is 1.87 bits per heavy atom. The van der Waals surface area contributed by atoms with Crippen LogP contribution in [-0.4, -0.2) is 39.3 Å². The third-order valence-electron chi connectivity index (χ3n) is 5.45. The number of phenolic OH excluding ortho intramolecular Hbond substituents is 1. The van der Waals surface area contributed by atoms with Gasteiger partial charge in [0.25, 0.3) is 5.91 Å². The van der Waals surface area contributed by atoms with E-state index in [0.717, 1.165) is 36.1 Å². The van der Waals surface area contributed by atoms with Gasteiger partial charge >= 0.3 is 0 Å². The summed E-state index contributed by atoms with van der Waals surface area (Å²) in [4.78, 5) is 15.0. The highest BCUT2D eigenvalue weighted by atomic mass is 16.5. The zero-order valence-electron chi connectivity index (χ0n) is 17.4. The topological polar surface area (TPSA) is 78.5 Å². The summed E-state index contributed by atoms with van der Waals surface area (Å²) < 4.78 is 5.79. The number of nitrogens with one attached hydrogen (secondary N) is 1. The Kier molecular flexibility index (Phi) is 5.74. The smallest absolute Gasteiger partial charge is 0.273 e. The van der Waals surface area contributed by atoms with Crippen LogP contribution in [0.5, 0.6) is 11.5 Å². The van der Waals surface area contributed by atoms with Crippen LogP contribution in [0.1, 0.15) is 60.8 Å². The maximum atomic E-state index is 13.1. The maximum absolute atomic E-state index is 13.1. The maximum Gasteiger partial charge on any atom is 0.273 e. The summed E-state index contributed by atoms with van der Waals surface area (Å²) in [5.41, 5.74) is 3.54. The predicted octanol–water partition coefficient (Wildman–Crippen LogP) is 4.92. The Morgan fingerprint density at radius 3 is 2.57 bits per heavy atom. The third kappa shape index (κ3) is 3.54. The van der Waals surface area contributed by atoms with Crippen molar-refractivity contribution in [2.45, 2.75) is 39.2 Å². The van der Waals surface area contributed by atoms with Crippen molar-refractivity contribution in [3.8, 4) is 22.8 Å². The van der Waals surface area contributed by atoms with E-state index in [9.17, 15) is 9.90 Å². The number of aromatic nitrogens is 2. The minimum atomic E-state index is -0.259. The second-order valence-electron chi connectivity index (χ2n) is 7.55. The SMILES string of the molecule is CCCCOc1ccc([C@H]2c3c(-c4ccccc4O)n[nH]c3C(=O)N2CCC)cc1. The van der Waals surface area contributed by atoms with Crippen LogP contribution >= 0.6 is 0 Å². The summed E-state index contributed by atoms with van der Waals surface area (Å²) in [5, 5.41) is 17.7. The van der Waals surface area contributed by atoms with Gasteiger partial charge in [-0.1, -0.05) is 44.5 Å². The molecule has 2 N–H and O–H groups in total. The van der Waals surface area contributed by atoms with E-state index in [0.29, 0.717) is 30.1 Å². The molecule has 0 unspecified atom stereocenters. The van der Waals surface area contributed by atoms with Gasteiger partial charge in [0.05, 0.1) is 12.6 Å². The molecule has 156 valence electrons. The molecule has 0 aliphatic carbocycles. The fraction of sp³-hybridized carbons (Fsp3) is 0.333. The van der Waals surface area contributed by atoms with Crippen molar-refractivity contribution in [1.29, 1.82) is 0 Å². The number of hydrogen-bond acceptors (Lipinski definition) is 4. The Labute approximate surface area is 176 Å². The van der Waals surface area contributed by atoms with Crippen LogP contribution in [0.2, 0.25) is 0 Å². The highest BCUT2D eigenvalue weighted by Crippen LogP contribution is 2.44. The van der Waals surface area contributed by atoms with Gasteiger partial charge < -0.3 is 14.7 Å². The molecule has 0 fully saturated rings. The number of phenols is 1. The lowest BCUT2D eigenvalue weighted by molar-refractivity contribution is 0.0744. The van der Waals surface area contributed by atoms with Crippen molar-refractivity contribution in [3.63, 3.8) is 0 Å². The van der Waals surface area contributed by atoms with Crippen LogP contribution in [0.4, 0.5) is 0 Å². The molecule has 2 aromatic carbocycles. The van der Waals surface area contributed by atoms with Crippen LogP contribution in [0, 0.1) is 0 Å². The van der Waals surface area contributed by atoms with E-state index in [4.69, 9.17) is 4.74 Å². The molecular formula is C24H27N3O3. The number of amides is 1. The number of benzene rings is 2. The second kappa shape index (κ2) is 8.61. The quantitative estimate of drug-likeness (QED) is 0.522. The number of nitrogens with zero attached hydrogens (tertiary/aromatic N) is 2. The monoisotopic (exact) mass is 405 g/mol. The first-order valence-electron chi connectivity index (χ1n) is 10.6. The summed E-state index contributed by atoms with van der Waals surface area (Å²) in [6.07, 6.45) is 2.96. The zero-order chi connectivity index (χ0) is 21.1. The molecule has 0 saturated heterocycles. The van der Waals surface area contributed by atoms with Crippen LogP contribution in [0.25, 0.3) is 11.3 Å². The van der Waals surface area contributed by atoms with Gasteiger partial charge in [0.2, 0.25) is 0 Å². The fourth-order valence-corrected chi connectivity index (χ4v) is 3.97. The summed E-state index contributed by atoms with van der Waals surface area (Å²) >= 11 is 0. The van der Waals surface area contributed by atoms with Crippen molar-refractivity contribution in [1.82, 2.24) is 15.1 Å². The van der Waals surface area contributed by atoms with Crippen LogP contribution in [-0.2, 0) is 0 Å².